The first-order valence-electron chi connectivity index (χ1n) is 6.33. The van der Waals surface area contributed by atoms with E-state index in [4.69, 9.17) is 11.1 Å². The Morgan fingerprint density at radius 1 is 1.11 bits per heavy atom. The fourth-order valence-electron chi connectivity index (χ4n) is 1.97. The summed E-state index contributed by atoms with van der Waals surface area (Å²) in [6, 6.07) is 16.3. The molecule has 0 atom stereocenters. The maximum atomic E-state index is 7.63. The zero-order valence-electron chi connectivity index (χ0n) is 11.0. The average Bonchev–Trinajstić information content (AvgIpc) is 2.45. The van der Waals surface area contributed by atoms with E-state index in [0.717, 1.165) is 28.2 Å². The molecule has 0 heterocycles. The number of thioether (sulfide) groups is 1. The van der Waals surface area contributed by atoms with Crippen molar-refractivity contribution in [1.29, 1.82) is 5.41 Å². The van der Waals surface area contributed by atoms with Crippen molar-refractivity contribution in [2.24, 2.45) is 5.73 Å². The largest absolute Gasteiger partial charge is 0.384 e. The van der Waals surface area contributed by atoms with Crippen molar-refractivity contribution in [3.8, 4) is 11.1 Å². The van der Waals surface area contributed by atoms with Crippen LogP contribution in [-0.4, -0.2) is 11.6 Å². The van der Waals surface area contributed by atoms with Gasteiger partial charge in [0.15, 0.2) is 0 Å². The molecule has 0 saturated heterocycles. The lowest BCUT2D eigenvalue weighted by molar-refractivity contribution is 1.39. The van der Waals surface area contributed by atoms with Crippen LogP contribution in [0.25, 0.3) is 11.1 Å². The van der Waals surface area contributed by atoms with Gasteiger partial charge < -0.3 is 5.73 Å². The highest BCUT2D eigenvalue weighted by Gasteiger charge is 2.06. The van der Waals surface area contributed by atoms with Crippen molar-refractivity contribution in [2.45, 2.75) is 12.7 Å². The minimum atomic E-state index is 0.112. The van der Waals surface area contributed by atoms with Gasteiger partial charge in [-0.05, 0) is 22.4 Å². The number of rotatable bonds is 5. The number of nitrogens with two attached hydrogens (primary N) is 1. The molecule has 0 spiro atoms. The van der Waals surface area contributed by atoms with Crippen LogP contribution in [0.2, 0.25) is 0 Å². The molecule has 0 fully saturated rings. The van der Waals surface area contributed by atoms with Crippen LogP contribution in [-0.2, 0) is 5.75 Å². The van der Waals surface area contributed by atoms with Gasteiger partial charge >= 0.3 is 0 Å². The van der Waals surface area contributed by atoms with Gasteiger partial charge in [-0.2, -0.15) is 11.8 Å². The van der Waals surface area contributed by atoms with E-state index in [-0.39, 0.29) is 5.84 Å². The summed E-state index contributed by atoms with van der Waals surface area (Å²) in [6.07, 6.45) is 0. The van der Waals surface area contributed by atoms with Gasteiger partial charge in [0.25, 0.3) is 0 Å². The number of benzene rings is 2. The third kappa shape index (κ3) is 3.38. The van der Waals surface area contributed by atoms with Crippen molar-refractivity contribution in [3.05, 3.63) is 59.7 Å². The van der Waals surface area contributed by atoms with Gasteiger partial charge in [-0.1, -0.05) is 55.5 Å². The van der Waals surface area contributed by atoms with Crippen LogP contribution < -0.4 is 5.73 Å². The molecule has 3 heteroatoms. The molecule has 0 saturated carbocycles. The zero-order chi connectivity index (χ0) is 13.7. The highest BCUT2D eigenvalue weighted by atomic mass is 32.2. The molecule has 2 aromatic rings. The molecule has 0 aliphatic rings. The Hall–Kier alpha value is -1.74. The van der Waals surface area contributed by atoms with E-state index in [9.17, 15) is 0 Å². The van der Waals surface area contributed by atoms with Gasteiger partial charge in [0.05, 0.1) is 0 Å². The monoisotopic (exact) mass is 270 g/mol. The van der Waals surface area contributed by atoms with E-state index in [2.05, 4.69) is 31.2 Å². The number of nitrogens with one attached hydrogen (secondary N) is 1. The summed E-state index contributed by atoms with van der Waals surface area (Å²) in [5.41, 5.74) is 9.87. The molecular weight excluding hydrogens is 252 g/mol. The predicted molar refractivity (Wildman–Crippen MR) is 84.7 cm³/mol. The van der Waals surface area contributed by atoms with Crippen molar-refractivity contribution in [3.63, 3.8) is 0 Å². The molecule has 98 valence electrons. The number of hydrogen-bond donors (Lipinski definition) is 2. The predicted octanol–water partition coefficient (Wildman–Crippen LogP) is 3.89. The SMILES string of the molecule is CCSCc1ccc(-c2ccccc2C(=N)N)cc1. The fraction of sp³-hybridized carbons (Fsp3) is 0.188. The average molecular weight is 270 g/mol. The van der Waals surface area contributed by atoms with Crippen molar-refractivity contribution in [1.82, 2.24) is 0 Å². The van der Waals surface area contributed by atoms with Crippen LogP contribution in [0, 0.1) is 5.41 Å². The highest BCUT2D eigenvalue weighted by Crippen LogP contribution is 2.24. The minimum absolute atomic E-state index is 0.112. The summed E-state index contributed by atoms with van der Waals surface area (Å²) in [5, 5.41) is 7.63. The molecule has 19 heavy (non-hydrogen) atoms. The van der Waals surface area contributed by atoms with Crippen molar-refractivity contribution >= 4 is 17.6 Å². The van der Waals surface area contributed by atoms with Crippen LogP contribution in [0.5, 0.6) is 0 Å². The number of hydrogen-bond acceptors (Lipinski definition) is 2. The van der Waals surface area contributed by atoms with Crippen LogP contribution in [0.1, 0.15) is 18.1 Å². The Morgan fingerprint density at radius 2 is 1.79 bits per heavy atom. The molecule has 0 aliphatic heterocycles. The summed E-state index contributed by atoms with van der Waals surface area (Å²) >= 11 is 1.92. The molecule has 0 radical (unpaired) electrons. The van der Waals surface area contributed by atoms with E-state index >= 15 is 0 Å². The standard InChI is InChI=1S/C16H18N2S/c1-2-19-11-12-7-9-13(10-8-12)14-5-3-4-6-15(14)16(17)18/h3-10H,2,11H2,1H3,(H3,17,18). The molecule has 2 rings (SSSR count). The fourth-order valence-corrected chi connectivity index (χ4v) is 2.60. The Kier molecular flexibility index (Phi) is 4.63. The van der Waals surface area contributed by atoms with Crippen LogP contribution in [0.15, 0.2) is 48.5 Å². The molecule has 0 aromatic heterocycles. The van der Waals surface area contributed by atoms with Crippen molar-refractivity contribution in [2.75, 3.05) is 5.75 Å². The topological polar surface area (TPSA) is 49.9 Å². The van der Waals surface area contributed by atoms with Crippen LogP contribution in [0.4, 0.5) is 0 Å². The maximum absolute atomic E-state index is 7.63. The van der Waals surface area contributed by atoms with Gasteiger partial charge in [-0.25, -0.2) is 0 Å². The maximum Gasteiger partial charge on any atom is 0.123 e. The molecule has 2 aromatic carbocycles. The van der Waals surface area contributed by atoms with E-state index in [1.54, 1.807) is 0 Å². The van der Waals surface area contributed by atoms with E-state index < -0.39 is 0 Å². The Morgan fingerprint density at radius 3 is 2.42 bits per heavy atom. The van der Waals surface area contributed by atoms with E-state index in [1.807, 2.05) is 36.0 Å². The number of amidine groups is 1. The molecule has 0 amide bonds. The third-order valence-corrected chi connectivity index (χ3v) is 3.90. The molecular formula is C16H18N2S. The third-order valence-electron chi connectivity index (χ3n) is 2.96. The molecule has 2 nitrogen and oxygen atoms in total. The summed E-state index contributed by atoms with van der Waals surface area (Å²) < 4.78 is 0. The van der Waals surface area contributed by atoms with Crippen LogP contribution in [0.3, 0.4) is 0 Å². The number of nitrogen functional groups attached to an aromatic ring is 1. The summed E-state index contributed by atoms with van der Waals surface area (Å²) in [4.78, 5) is 0. The van der Waals surface area contributed by atoms with Gasteiger partial charge in [-0.3, -0.25) is 5.41 Å². The molecule has 0 aliphatic carbocycles. The molecule has 3 N–H and O–H groups in total. The Balaban J connectivity index is 2.30. The first-order chi connectivity index (χ1) is 9.22. The smallest absolute Gasteiger partial charge is 0.123 e. The zero-order valence-corrected chi connectivity index (χ0v) is 11.8. The van der Waals surface area contributed by atoms with Gasteiger partial charge in [-0.15, -0.1) is 0 Å². The first-order valence-corrected chi connectivity index (χ1v) is 7.48. The summed E-state index contributed by atoms with van der Waals surface area (Å²) in [6.45, 7) is 2.17. The second-order valence-electron chi connectivity index (χ2n) is 4.29. The van der Waals surface area contributed by atoms with Crippen LogP contribution >= 0.6 is 11.8 Å². The van der Waals surface area contributed by atoms with Gasteiger partial charge in [0, 0.05) is 11.3 Å². The Bertz CT molecular complexity index is 561. The molecule has 0 unspecified atom stereocenters. The quantitative estimate of drug-likeness (QED) is 0.639. The van der Waals surface area contributed by atoms with E-state index in [0.29, 0.717) is 0 Å². The molecule has 0 bridgehead atoms. The summed E-state index contributed by atoms with van der Waals surface area (Å²) in [5.74, 6) is 2.29. The lowest BCUT2D eigenvalue weighted by Gasteiger charge is -2.09. The first kappa shape index (κ1) is 13.7. The second-order valence-corrected chi connectivity index (χ2v) is 5.57. The summed E-state index contributed by atoms with van der Waals surface area (Å²) in [7, 11) is 0. The Labute approximate surface area is 118 Å². The van der Waals surface area contributed by atoms with Gasteiger partial charge in [0.2, 0.25) is 0 Å². The second kappa shape index (κ2) is 6.43. The van der Waals surface area contributed by atoms with E-state index in [1.165, 1.54) is 5.56 Å². The van der Waals surface area contributed by atoms with Crippen molar-refractivity contribution < 1.29 is 0 Å². The van der Waals surface area contributed by atoms with Gasteiger partial charge in [0.1, 0.15) is 5.84 Å². The highest BCUT2D eigenvalue weighted by molar-refractivity contribution is 7.98. The minimum Gasteiger partial charge on any atom is -0.384 e. The lowest BCUT2D eigenvalue weighted by Crippen LogP contribution is -2.12. The normalized spacial score (nSPS) is 10.4. The lowest BCUT2D eigenvalue weighted by atomic mass is 9.98.